The molecule has 4 rings (SSSR count). The van der Waals surface area contributed by atoms with Gasteiger partial charge in [-0.15, -0.1) is 0 Å². The van der Waals surface area contributed by atoms with Crippen molar-refractivity contribution in [1.82, 2.24) is 24.9 Å². The highest BCUT2D eigenvalue weighted by molar-refractivity contribution is 5.78. The average Bonchev–Trinajstić information content (AvgIpc) is 3.28. The van der Waals surface area contributed by atoms with Gasteiger partial charge in [-0.2, -0.15) is 15.0 Å². The van der Waals surface area contributed by atoms with Gasteiger partial charge in [-0.05, 0) is 42.7 Å². The molecule has 1 fully saturated rings. The Morgan fingerprint density at radius 3 is 2.72 bits per heavy atom. The van der Waals surface area contributed by atoms with Crippen molar-refractivity contribution in [3.8, 4) is 0 Å². The highest BCUT2D eigenvalue weighted by Crippen LogP contribution is 2.32. The molecule has 25 heavy (non-hydrogen) atoms. The number of likely N-dealkylation sites (tertiary alicyclic amines) is 1. The number of hydrogen-bond donors (Lipinski definition) is 1. The molecule has 0 spiro atoms. The van der Waals surface area contributed by atoms with Crippen molar-refractivity contribution < 1.29 is 4.79 Å². The molecule has 7 heteroatoms. The molecule has 1 saturated heterocycles. The third-order valence-electron chi connectivity index (χ3n) is 4.60. The van der Waals surface area contributed by atoms with Crippen LogP contribution < -0.4 is 5.32 Å². The summed E-state index contributed by atoms with van der Waals surface area (Å²) in [7, 11) is 1.84. The molecular formula is C18H20N6O. The molecule has 1 aliphatic rings. The van der Waals surface area contributed by atoms with Crippen LogP contribution in [0.15, 0.2) is 42.6 Å². The number of nitrogens with zero attached hydrogens (tertiary/aromatic N) is 5. The van der Waals surface area contributed by atoms with E-state index in [4.69, 9.17) is 0 Å². The Morgan fingerprint density at radius 2 is 2.00 bits per heavy atom. The maximum atomic E-state index is 12.8. The van der Waals surface area contributed by atoms with Gasteiger partial charge in [0, 0.05) is 19.8 Å². The second-order valence-corrected chi connectivity index (χ2v) is 6.19. The number of pyridine rings is 1. The molecule has 1 amide bonds. The molecule has 0 aliphatic carbocycles. The standard InChI is InChI=1S/C18H20N6O/c1-19-17-11-13(8-9-20-17)16-7-4-10-23(16)18(25)12-24-21-14-5-2-3-6-15(14)22-24/h2-3,5-6,8-9,11,16H,4,7,10,12H2,1H3,(H,19,20). The fourth-order valence-electron chi connectivity index (χ4n) is 3.39. The maximum Gasteiger partial charge on any atom is 0.246 e. The second kappa shape index (κ2) is 6.51. The fourth-order valence-corrected chi connectivity index (χ4v) is 3.39. The average molecular weight is 336 g/mol. The monoisotopic (exact) mass is 336 g/mol. The maximum absolute atomic E-state index is 12.8. The number of aromatic nitrogens is 4. The number of carbonyl (C=O) groups excluding carboxylic acids is 1. The number of fused-ring (bicyclic) bond motifs is 1. The fraction of sp³-hybridized carbons (Fsp3) is 0.333. The van der Waals surface area contributed by atoms with E-state index < -0.39 is 0 Å². The van der Waals surface area contributed by atoms with Gasteiger partial charge in [-0.25, -0.2) is 4.98 Å². The first-order chi connectivity index (χ1) is 12.2. The lowest BCUT2D eigenvalue weighted by molar-refractivity contribution is -0.133. The van der Waals surface area contributed by atoms with Gasteiger partial charge >= 0.3 is 0 Å². The Hall–Kier alpha value is -2.96. The number of rotatable bonds is 4. The normalized spacial score (nSPS) is 17.2. The van der Waals surface area contributed by atoms with Crippen LogP contribution in [0.1, 0.15) is 24.4 Å². The first-order valence-corrected chi connectivity index (χ1v) is 8.47. The van der Waals surface area contributed by atoms with E-state index in [0.29, 0.717) is 0 Å². The molecule has 0 bridgehead atoms. The second-order valence-electron chi connectivity index (χ2n) is 6.19. The molecular weight excluding hydrogens is 316 g/mol. The molecule has 1 unspecified atom stereocenters. The van der Waals surface area contributed by atoms with E-state index in [-0.39, 0.29) is 18.5 Å². The molecule has 0 radical (unpaired) electrons. The number of amides is 1. The Bertz CT molecular complexity index is 872. The lowest BCUT2D eigenvalue weighted by Crippen LogP contribution is -2.34. The van der Waals surface area contributed by atoms with E-state index in [9.17, 15) is 4.79 Å². The summed E-state index contributed by atoms with van der Waals surface area (Å²) in [6.07, 6.45) is 3.75. The number of nitrogens with one attached hydrogen (secondary N) is 1. The molecule has 1 N–H and O–H groups in total. The van der Waals surface area contributed by atoms with Crippen LogP contribution in [0.2, 0.25) is 0 Å². The van der Waals surface area contributed by atoms with Crippen molar-refractivity contribution in [2.45, 2.75) is 25.4 Å². The third kappa shape index (κ3) is 3.05. The third-order valence-corrected chi connectivity index (χ3v) is 4.60. The van der Waals surface area contributed by atoms with Crippen LogP contribution in [0, 0.1) is 0 Å². The summed E-state index contributed by atoms with van der Waals surface area (Å²) in [6.45, 7) is 0.927. The smallest absolute Gasteiger partial charge is 0.246 e. The molecule has 128 valence electrons. The van der Waals surface area contributed by atoms with E-state index in [1.165, 1.54) is 4.80 Å². The van der Waals surface area contributed by atoms with Crippen molar-refractivity contribution in [2.75, 3.05) is 18.9 Å². The van der Waals surface area contributed by atoms with Gasteiger partial charge in [0.05, 0.1) is 6.04 Å². The van der Waals surface area contributed by atoms with E-state index in [1.54, 1.807) is 6.20 Å². The first-order valence-electron chi connectivity index (χ1n) is 8.47. The minimum atomic E-state index is 0.0469. The molecule has 1 aliphatic heterocycles. The zero-order chi connectivity index (χ0) is 17.2. The Labute approximate surface area is 145 Å². The molecule has 1 aromatic carbocycles. The van der Waals surface area contributed by atoms with Gasteiger partial charge in [-0.3, -0.25) is 4.79 Å². The van der Waals surface area contributed by atoms with Crippen molar-refractivity contribution in [3.05, 3.63) is 48.2 Å². The minimum Gasteiger partial charge on any atom is -0.373 e. The summed E-state index contributed by atoms with van der Waals surface area (Å²) in [5, 5.41) is 11.8. The SMILES string of the molecule is CNc1cc(C2CCCN2C(=O)Cn2nc3ccccc3n2)ccn1. The summed E-state index contributed by atoms with van der Waals surface area (Å²) < 4.78 is 0. The number of carbonyl (C=O) groups is 1. The quantitative estimate of drug-likeness (QED) is 0.791. The predicted octanol–water partition coefficient (Wildman–Crippen LogP) is 2.23. The van der Waals surface area contributed by atoms with Crippen LogP contribution in [0.3, 0.4) is 0 Å². The minimum absolute atomic E-state index is 0.0469. The zero-order valence-corrected chi connectivity index (χ0v) is 14.1. The Kier molecular flexibility index (Phi) is 4.05. The summed E-state index contributed by atoms with van der Waals surface area (Å²) in [5.74, 6) is 0.863. The van der Waals surface area contributed by atoms with Crippen LogP contribution in [-0.4, -0.2) is 44.4 Å². The van der Waals surface area contributed by atoms with Crippen molar-refractivity contribution in [3.63, 3.8) is 0 Å². The van der Waals surface area contributed by atoms with Gasteiger partial charge in [-0.1, -0.05) is 12.1 Å². The van der Waals surface area contributed by atoms with Crippen LogP contribution in [0.25, 0.3) is 11.0 Å². The Balaban J connectivity index is 1.53. The van der Waals surface area contributed by atoms with Crippen molar-refractivity contribution >= 4 is 22.8 Å². The summed E-state index contributed by atoms with van der Waals surface area (Å²) in [5.41, 5.74) is 2.73. The van der Waals surface area contributed by atoms with Gasteiger partial charge in [0.2, 0.25) is 5.91 Å². The summed E-state index contributed by atoms with van der Waals surface area (Å²) in [4.78, 5) is 20.5. The molecule has 0 saturated carbocycles. The summed E-state index contributed by atoms with van der Waals surface area (Å²) in [6, 6.07) is 11.7. The highest BCUT2D eigenvalue weighted by Gasteiger charge is 2.30. The topological polar surface area (TPSA) is 75.9 Å². The predicted molar refractivity (Wildman–Crippen MR) is 95.0 cm³/mol. The van der Waals surface area contributed by atoms with Gasteiger partial charge in [0.1, 0.15) is 23.4 Å². The van der Waals surface area contributed by atoms with E-state index in [2.05, 4.69) is 20.5 Å². The lowest BCUT2D eigenvalue weighted by Gasteiger charge is -2.25. The van der Waals surface area contributed by atoms with E-state index in [0.717, 1.165) is 41.8 Å². The number of anilines is 1. The molecule has 7 nitrogen and oxygen atoms in total. The number of benzene rings is 1. The Morgan fingerprint density at radius 1 is 1.24 bits per heavy atom. The zero-order valence-electron chi connectivity index (χ0n) is 14.1. The number of hydrogen-bond acceptors (Lipinski definition) is 5. The van der Waals surface area contributed by atoms with Gasteiger partial charge in [0.25, 0.3) is 0 Å². The molecule has 3 aromatic rings. The molecule has 3 heterocycles. The van der Waals surface area contributed by atoms with Crippen molar-refractivity contribution in [2.24, 2.45) is 0 Å². The molecule has 2 aromatic heterocycles. The van der Waals surface area contributed by atoms with Crippen molar-refractivity contribution in [1.29, 1.82) is 0 Å². The highest BCUT2D eigenvalue weighted by atomic mass is 16.2. The molecule has 1 atom stereocenters. The van der Waals surface area contributed by atoms with Crippen LogP contribution in [0.5, 0.6) is 0 Å². The van der Waals surface area contributed by atoms with Gasteiger partial charge < -0.3 is 10.2 Å². The largest absolute Gasteiger partial charge is 0.373 e. The van der Waals surface area contributed by atoms with Crippen LogP contribution in [0.4, 0.5) is 5.82 Å². The van der Waals surface area contributed by atoms with Crippen LogP contribution >= 0.6 is 0 Å². The van der Waals surface area contributed by atoms with E-state index in [1.807, 2.05) is 48.3 Å². The summed E-state index contributed by atoms with van der Waals surface area (Å²) >= 11 is 0. The van der Waals surface area contributed by atoms with E-state index >= 15 is 0 Å². The van der Waals surface area contributed by atoms with Gasteiger partial charge in [0.15, 0.2) is 0 Å². The van der Waals surface area contributed by atoms with Crippen LogP contribution in [-0.2, 0) is 11.3 Å². The lowest BCUT2D eigenvalue weighted by atomic mass is 10.1. The first kappa shape index (κ1) is 15.6.